The van der Waals surface area contributed by atoms with Gasteiger partial charge in [-0.05, 0) is 32.9 Å². The Morgan fingerprint density at radius 1 is 1.29 bits per heavy atom. The van der Waals surface area contributed by atoms with Gasteiger partial charge in [0, 0.05) is 30.0 Å². The molecule has 1 fully saturated rings. The summed E-state index contributed by atoms with van der Waals surface area (Å²) in [6, 6.07) is 13.3. The maximum absolute atomic E-state index is 4.54. The lowest BCUT2D eigenvalue weighted by molar-refractivity contribution is 0.239. The second-order valence-corrected chi connectivity index (χ2v) is 6.65. The van der Waals surface area contributed by atoms with Gasteiger partial charge in [-0.3, -0.25) is 10.00 Å². The van der Waals surface area contributed by atoms with Gasteiger partial charge in [0.25, 0.3) is 0 Å². The van der Waals surface area contributed by atoms with Crippen molar-refractivity contribution in [1.82, 2.24) is 24.6 Å². The normalized spacial score (nSPS) is 15.8. The number of hydrogen-bond acceptors (Lipinski definition) is 3. The molecule has 0 spiro atoms. The summed E-state index contributed by atoms with van der Waals surface area (Å²) in [6.45, 7) is 3.04. The SMILES string of the molecule is C[C@H](c1cc(-c2ccccc2)n[nH]1)N(C)Cc1nccn1C1CC1. The van der Waals surface area contributed by atoms with Gasteiger partial charge in [-0.25, -0.2) is 4.98 Å². The van der Waals surface area contributed by atoms with Gasteiger partial charge in [0.05, 0.1) is 17.9 Å². The van der Waals surface area contributed by atoms with Crippen LogP contribution in [0.1, 0.15) is 43.4 Å². The molecule has 1 aliphatic rings. The summed E-state index contributed by atoms with van der Waals surface area (Å²) < 4.78 is 2.32. The van der Waals surface area contributed by atoms with Crippen molar-refractivity contribution < 1.29 is 0 Å². The molecule has 2 aromatic heterocycles. The highest BCUT2D eigenvalue weighted by Gasteiger charge is 2.26. The average molecular weight is 321 g/mol. The predicted molar refractivity (Wildman–Crippen MR) is 94.4 cm³/mol. The standard InChI is InChI=1S/C19H23N5/c1-14(17-12-18(22-21-17)15-6-4-3-5-7-15)23(2)13-19-20-10-11-24(19)16-8-9-16/h3-7,10-12,14,16H,8-9,13H2,1-2H3,(H,21,22)/t14-/m1/s1. The number of aromatic amines is 1. The summed E-state index contributed by atoms with van der Waals surface area (Å²) in [7, 11) is 2.14. The van der Waals surface area contributed by atoms with Gasteiger partial charge >= 0.3 is 0 Å². The van der Waals surface area contributed by atoms with Crippen molar-refractivity contribution in [3.63, 3.8) is 0 Å². The number of aromatic nitrogens is 4. The topological polar surface area (TPSA) is 49.7 Å². The van der Waals surface area contributed by atoms with Crippen molar-refractivity contribution in [2.24, 2.45) is 0 Å². The van der Waals surface area contributed by atoms with Gasteiger partial charge in [0.2, 0.25) is 0 Å². The average Bonchev–Trinajstić information content (AvgIpc) is 3.15. The van der Waals surface area contributed by atoms with Crippen molar-refractivity contribution in [2.45, 2.75) is 38.4 Å². The Bertz CT molecular complexity index is 800. The monoisotopic (exact) mass is 321 g/mol. The molecule has 0 saturated heterocycles. The van der Waals surface area contributed by atoms with Gasteiger partial charge in [0.1, 0.15) is 5.82 Å². The Hall–Kier alpha value is -2.40. The first-order valence-electron chi connectivity index (χ1n) is 8.55. The fourth-order valence-corrected chi connectivity index (χ4v) is 3.06. The van der Waals surface area contributed by atoms with Crippen LogP contribution in [0.15, 0.2) is 48.8 Å². The van der Waals surface area contributed by atoms with E-state index in [-0.39, 0.29) is 6.04 Å². The molecule has 4 rings (SSSR count). The Labute approximate surface area is 142 Å². The minimum absolute atomic E-state index is 0.249. The second-order valence-electron chi connectivity index (χ2n) is 6.65. The minimum atomic E-state index is 0.249. The van der Waals surface area contributed by atoms with Crippen LogP contribution in [0.4, 0.5) is 0 Å². The van der Waals surface area contributed by atoms with Crippen molar-refractivity contribution >= 4 is 0 Å². The molecule has 24 heavy (non-hydrogen) atoms. The molecule has 5 nitrogen and oxygen atoms in total. The van der Waals surface area contributed by atoms with E-state index >= 15 is 0 Å². The molecule has 1 N–H and O–H groups in total. The Kier molecular flexibility index (Phi) is 3.94. The van der Waals surface area contributed by atoms with Crippen LogP contribution in [0.3, 0.4) is 0 Å². The highest BCUT2D eigenvalue weighted by atomic mass is 15.2. The molecule has 2 heterocycles. The maximum Gasteiger partial charge on any atom is 0.123 e. The smallest absolute Gasteiger partial charge is 0.123 e. The van der Waals surface area contributed by atoms with Crippen LogP contribution in [0.25, 0.3) is 11.3 Å². The highest BCUT2D eigenvalue weighted by Crippen LogP contribution is 2.36. The number of nitrogens with zero attached hydrogens (tertiary/aromatic N) is 4. The first-order chi connectivity index (χ1) is 11.7. The Morgan fingerprint density at radius 2 is 2.08 bits per heavy atom. The first-order valence-corrected chi connectivity index (χ1v) is 8.55. The van der Waals surface area contributed by atoms with Gasteiger partial charge in [0.15, 0.2) is 0 Å². The molecular formula is C19H23N5. The predicted octanol–water partition coefficient (Wildman–Crippen LogP) is 3.80. The quantitative estimate of drug-likeness (QED) is 0.751. The molecule has 1 aromatic carbocycles. The van der Waals surface area contributed by atoms with E-state index in [1.165, 1.54) is 12.8 Å². The molecule has 124 valence electrons. The molecule has 3 aromatic rings. The summed E-state index contributed by atoms with van der Waals surface area (Å²) in [5, 5.41) is 7.67. The van der Waals surface area contributed by atoms with Crippen LogP contribution in [0.5, 0.6) is 0 Å². The fraction of sp³-hybridized carbons (Fsp3) is 0.368. The minimum Gasteiger partial charge on any atom is -0.331 e. The molecule has 0 bridgehead atoms. The van der Waals surface area contributed by atoms with E-state index in [1.807, 2.05) is 24.4 Å². The van der Waals surface area contributed by atoms with E-state index in [1.54, 1.807) is 0 Å². The van der Waals surface area contributed by atoms with Gasteiger partial charge in [-0.1, -0.05) is 30.3 Å². The van der Waals surface area contributed by atoms with Crippen molar-refractivity contribution in [3.8, 4) is 11.3 Å². The van der Waals surface area contributed by atoms with E-state index in [9.17, 15) is 0 Å². The van der Waals surface area contributed by atoms with Crippen LogP contribution in [-0.4, -0.2) is 31.7 Å². The number of imidazole rings is 1. The van der Waals surface area contributed by atoms with Crippen molar-refractivity contribution in [1.29, 1.82) is 0 Å². The fourth-order valence-electron chi connectivity index (χ4n) is 3.06. The van der Waals surface area contributed by atoms with Gasteiger partial charge < -0.3 is 4.57 Å². The Morgan fingerprint density at radius 3 is 2.83 bits per heavy atom. The molecule has 0 aliphatic heterocycles. The summed E-state index contributed by atoms with van der Waals surface area (Å²) in [4.78, 5) is 6.85. The van der Waals surface area contributed by atoms with Crippen molar-refractivity contribution in [3.05, 3.63) is 60.3 Å². The van der Waals surface area contributed by atoms with Crippen molar-refractivity contribution in [2.75, 3.05) is 7.05 Å². The van der Waals surface area contributed by atoms with Gasteiger partial charge in [-0.2, -0.15) is 5.10 Å². The second kappa shape index (κ2) is 6.24. The van der Waals surface area contributed by atoms with Crippen LogP contribution in [0.2, 0.25) is 0 Å². The summed E-state index contributed by atoms with van der Waals surface area (Å²) >= 11 is 0. The zero-order valence-corrected chi connectivity index (χ0v) is 14.2. The third kappa shape index (κ3) is 2.99. The molecule has 1 aliphatic carbocycles. The number of hydrogen-bond donors (Lipinski definition) is 1. The van der Waals surface area contributed by atoms with Gasteiger partial charge in [-0.15, -0.1) is 0 Å². The molecule has 0 amide bonds. The first kappa shape index (κ1) is 15.1. The molecule has 0 unspecified atom stereocenters. The summed E-state index contributed by atoms with van der Waals surface area (Å²) in [6.07, 6.45) is 6.58. The van der Waals surface area contributed by atoms with Crippen LogP contribution >= 0.6 is 0 Å². The number of H-pyrrole nitrogens is 1. The third-order valence-electron chi connectivity index (χ3n) is 4.86. The number of nitrogens with one attached hydrogen (secondary N) is 1. The molecular weight excluding hydrogens is 298 g/mol. The number of rotatable bonds is 6. The summed E-state index contributed by atoms with van der Waals surface area (Å²) in [5.74, 6) is 1.15. The van der Waals surface area contributed by atoms with E-state index in [2.05, 4.69) is 63.0 Å². The van der Waals surface area contributed by atoms with Crippen LogP contribution < -0.4 is 0 Å². The number of benzene rings is 1. The van der Waals surface area contributed by atoms with E-state index < -0.39 is 0 Å². The van der Waals surface area contributed by atoms with Crippen LogP contribution in [-0.2, 0) is 6.54 Å². The lowest BCUT2D eigenvalue weighted by Crippen LogP contribution is -2.24. The van der Waals surface area contributed by atoms with E-state index in [0.717, 1.165) is 29.3 Å². The maximum atomic E-state index is 4.54. The largest absolute Gasteiger partial charge is 0.331 e. The lowest BCUT2D eigenvalue weighted by Gasteiger charge is -2.23. The third-order valence-corrected chi connectivity index (χ3v) is 4.86. The zero-order chi connectivity index (χ0) is 16.5. The van der Waals surface area contributed by atoms with E-state index in [0.29, 0.717) is 6.04 Å². The lowest BCUT2D eigenvalue weighted by atomic mass is 10.1. The molecule has 5 heteroatoms. The molecule has 1 atom stereocenters. The summed E-state index contributed by atoms with van der Waals surface area (Å²) in [5.41, 5.74) is 3.25. The van der Waals surface area contributed by atoms with Crippen LogP contribution in [0, 0.1) is 0 Å². The highest BCUT2D eigenvalue weighted by molar-refractivity contribution is 5.59. The molecule has 0 radical (unpaired) electrons. The zero-order valence-electron chi connectivity index (χ0n) is 14.2. The van der Waals surface area contributed by atoms with E-state index in [4.69, 9.17) is 0 Å². The Balaban J connectivity index is 1.48. The molecule has 1 saturated carbocycles.